The molecule has 0 fully saturated rings. The van der Waals surface area contributed by atoms with E-state index in [4.69, 9.17) is 4.74 Å². The summed E-state index contributed by atoms with van der Waals surface area (Å²) in [6.45, 7) is 5.67. The van der Waals surface area contributed by atoms with Crippen LogP contribution < -0.4 is 0 Å². The number of methoxy groups -OCH3 is 1. The zero-order chi connectivity index (χ0) is 15.3. The molecule has 1 heterocycles. The third-order valence-electron chi connectivity index (χ3n) is 3.95. The Bertz CT molecular complexity index is 408. The third kappa shape index (κ3) is 3.61. The van der Waals surface area contributed by atoms with Gasteiger partial charge in [-0.2, -0.15) is 5.10 Å². The molecular formula is C14H26BrN3O2. The van der Waals surface area contributed by atoms with Gasteiger partial charge in [-0.15, -0.1) is 0 Å². The van der Waals surface area contributed by atoms with Crippen LogP contribution in [0, 0.1) is 0 Å². The van der Waals surface area contributed by atoms with Crippen LogP contribution in [0.25, 0.3) is 0 Å². The van der Waals surface area contributed by atoms with E-state index in [2.05, 4.69) is 25.9 Å². The highest BCUT2D eigenvalue weighted by Crippen LogP contribution is 2.37. The van der Waals surface area contributed by atoms with Gasteiger partial charge in [-0.05, 0) is 42.9 Å². The minimum absolute atomic E-state index is 0.571. The van der Waals surface area contributed by atoms with Crippen LogP contribution in [0.1, 0.15) is 38.5 Å². The fourth-order valence-corrected chi connectivity index (χ4v) is 2.92. The highest BCUT2D eigenvalue weighted by atomic mass is 79.9. The summed E-state index contributed by atoms with van der Waals surface area (Å²) < 4.78 is 8.32. The molecule has 1 aromatic rings. The second-order valence-corrected chi connectivity index (χ2v) is 6.14. The normalized spacial score (nSPS) is 14.0. The number of aliphatic hydroxyl groups is 1. The standard InChI is InChI=1S/C14H26BrN3O2/c1-6-14(7-2,20-5)13(19)12-11(15)10-16-18(12)9-8-17(3)4/h10,13,19H,6-9H2,1-5H3. The van der Waals surface area contributed by atoms with Crippen LogP contribution in [0.2, 0.25) is 0 Å². The Kier molecular flexibility index (Phi) is 6.64. The smallest absolute Gasteiger partial charge is 0.126 e. The van der Waals surface area contributed by atoms with Crippen molar-refractivity contribution < 1.29 is 9.84 Å². The van der Waals surface area contributed by atoms with Crippen molar-refractivity contribution in [2.24, 2.45) is 0 Å². The summed E-state index contributed by atoms with van der Waals surface area (Å²) in [6.07, 6.45) is 2.51. The predicted octanol–water partition coefficient (Wildman–Crippen LogP) is 2.45. The summed E-state index contributed by atoms with van der Waals surface area (Å²) in [4.78, 5) is 2.09. The summed E-state index contributed by atoms with van der Waals surface area (Å²) in [6, 6.07) is 0. The van der Waals surface area contributed by atoms with Crippen LogP contribution in [-0.2, 0) is 11.3 Å². The van der Waals surface area contributed by atoms with Gasteiger partial charge in [0.15, 0.2) is 0 Å². The molecule has 1 unspecified atom stereocenters. The maximum absolute atomic E-state index is 10.8. The first-order chi connectivity index (χ1) is 9.41. The zero-order valence-corrected chi connectivity index (χ0v) is 14.6. The molecule has 1 N–H and O–H groups in total. The van der Waals surface area contributed by atoms with Gasteiger partial charge in [0.2, 0.25) is 0 Å². The molecular weight excluding hydrogens is 322 g/mol. The Labute approximate surface area is 130 Å². The summed E-state index contributed by atoms with van der Waals surface area (Å²) in [5.74, 6) is 0. The molecule has 0 saturated heterocycles. The summed E-state index contributed by atoms with van der Waals surface area (Å²) >= 11 is 3.49. The van der Waals surface area contributed by atoms with E-state index in [1.807, 2.05) is 32.6 Å². The number of aromatic nitrogens is 2. The van der Waals surface area contributed by atoms with Gasteiger partial charge < -0.3 is 14.7 Å². The second kappa shape index (κ2) is 7.54. The lowest BCUT2D eigenvalue weighted by atomic mass is 9.88. The summed E-state index contributed by atoms with van der Waals surface area (Å²) in [5.41, 5.74) is 0.218. The Balaban J connectivity index is 3.07. The maximum atomic E-state index is 10.8. The van der Waals surface area contributed by atoms with Gasteiger partial charge in [-0.25, -0.2) is 0 Å². The van der Waals surface area contributed by atoms with Crippen LogP contribution in [-0.4, -0.2) is 53.1 Å². The monoisotopic (exact) mass is 347 g/mol. The van der Waals surface area contributed by atoms with E-state index in [-0.39, 0.29) is 0 Å². The van der Waals surface area contributed by atoms with Crippen molar-refractivity contribution in [3.8, 4) is 0 Å². The molecule has 1 aromatic heterocycles. The minimum atomic E-state index is -0.707. The topological polar surface area (TPSA) is 50.5 Å². The Morgan fingerprint density at radius 3 is 2.50 bits per heavy atom. The van der Waals surface area contributed by atoms with Crippen molar-refractivity contribution in [3.05, 3.63) is 16.4 Å². The van der Waals surface area contributed by atoms with Crippen LogP contribution in [0.15, 0.2) is 10.7 Å². The molecule has 5 nitrogen and oxygen atoms in total. The van der Waals surface area contributed by atoms with E-state index >= 15 is 0 Å². The van der Waals surface area contributed by atoms with Crippen molar-refractivity contribution in [3.63, 3.8) is 0 Å². The number of rotatable bonds is 8. The molecule has 0 saturated carbocycles. The molecule has 0 aliphatic carbocycles. The highest BCUT2D eigenvalue weighted by molar-refractivity contribution is 9.10. The molecule has 0 amide bonds. The van der Waals surface area contributed by atoms with Gasteiger partial charge in [-0.3, -0.25) is 4.68 Å². The lowest BCUT2D eigenvalue weighted by Crippen LogP contribution is -2.39. The summed E-state index contributed by atoms with van der Waals surface area (Å²) in [7, 11) is 5.70. The SMILES string of the molecule is CCC(CC)(OC)C(O)c1c(Br)cnn1CCN(C)C. The largest absolute Gasteiger partial charge is 0.384 e. The molecule has 20 heavy (non-hydrogen) atoms. The Morgan fingerprint density at radius 2 is 2.05 bits per heavy atom. The van der Waals surface area contributed by atoms with Gasteiger partial charge in [0.1, 0.15) is 6.10 Å². The number of nitrogens with zero attached hydrogens (tertiary/aromatic N) is 3. The molecule has 1 atom stereocenters. The van der Waals surface area contributed by atoms with Crippen molar-refractivity contribution >= 4 is 15.9 Å². The van der Waals surface area contributed by atoms with E-state index in [1.165, 1.54) is 0 Å². The molecule has 0 spiro atoms. The highest BCUT2D eigenvalue weighted by Gasteiger charge is 2.38. The fraction of sp³-hybridized carbons (Fsp3) is 0.786. The molecule has 0 bridgehead atoms. The molecule has 0 aliphatic heterocycles. The quantitative estimate of drug-likeness (QED) is 0.784. The molecule has 0 aromatic carbocycles. The first kappa shape index (κ1) is 17.6. The van der Waals surface area contributed by atoms with Gasteiger partial charge in [0.25, 0.3) is 0 Å². The minimum Gasteiger partial charge on any atom is -0.384 e. The van der Waals surface area contributed by atoms with E-state index in [0.29, 0.717) is 0 Å². The van der Waals surface area contributed by atoms with Crippen LogP contribution in [0.3, 0.4) is 0 Å². The summed E-state index contributed by atoms with van der Waals surface area (Å²) in [5, 5.41) is 15.2. The lowest BCUT2D eigenvalue weighted by molar-refractivity contribution is -0.113. The first-order valence-electron chi connectivity index (χ1n) is 7.01. The van der Waals surface area contributed by atoms with E-state index in [1.54, 1.807) is 13.3 Å². The Hall–Kier alpha value is -0.430. The average Bonchev–Trinajstić information content (AvgIpc) is 2.79. The molecule has 1 rings (SSSR count). The van der Waals surface area contributed by atoms with Crippen LogP contribution >= 0.6 is 15.9 Å². The number of hydrogen-bond donors (Lipinski definition) is 1. The number of aliphatic hydroxyl groups excluding tert-OH is 1. The van der Waals surface area contributed by atoms with E-state index in [9.17, 15) is 5.11 Å². The van der Waals surface area contributed by atoms with Crippen LogP contribution in [0.5, 0.6) is 0 Å². The van der Waals surface area contributed by atoms with Crippen LogP contribution in [0.4, 0.5) is 0 Å². The maximum Gasteiger partial charge on any atom is 0.126 e. The molecule has 0 radical (unpaired) electrons. The lowest BCUT2D eigenvalue weighted by Gasteiger charge is -2.35. The van der Waals surface area contributed by atoms with Gasteiger partial charge in [0, 0.05) is 13.7 Å². The van der Waals surface area contributed by atoms with Gasteiger partial charge in [0.05, 0.1) is 28.5 Å². The van der Waals surface area contributed by atoms with E-state index in [0.717, 1.165) is 36.1 Å². The van der Waals surface area contributed by atoms with Crippen molar-refractivity contribution in [2.75, 3.05) is 27.7 Å². The van der Waals surface area contributed by atoms with Crippen molar-refractivity contribution in [1.82, 2.24) is 14.7 Å². The fourth-order valence-electron chi connectivity index (χ4n) is 2.40. The number of halogens is 1. The number of ether oxygens (including phenoxy) is 1. The predicted molar refractivity (Wildman–Crippen MR) is 83.8 cm³/mol. The Morgan fingerprint density at radius 1 is 1.45 bits per heavy atom. The molecule has 0 aliphatic rings. The van der Waals surface area contributed by atoms with Crippen molar-refractivity contribution in [1.29, 1.82) is 0 Å². The van der Waals surface area contributed by atoms with E-state index < -0.39 is 11.7 Å². The zero-order valence-electron chi connectivity index (χ0n) is 13.1. The van der Waals surface area contributed by atoms with Gasteiger partial charge >= 0.3 is 0 Å². The molecule has 6 heteroatoms. The second-order valence-electron chi connectivity index (χ2n) is 5.28. The number of likely N-dealkylation sites (N-methyl/N-ethyl adjacent to an activating group) is 1. The first-order valence-corrected chi connectivity index (χ1v) is 7.80. The third-order valence-corrected chi connectivity index (χ3v) is 4.56. The average molecular weight is 348 g/mol. The number of hydrogen-bond acceptors (Lipinski definition) is 4. The van der Waals surface area contributed by atoms with Gasteiger partial charge in [-0.1, -0.05) is 13.8 Å². The molecule has 116 valence electrons. The van der Waals surface area contributed by atoms with Crippen molar-refractivity contribution in [2.45, 2.75) is 44.9 Å².